The van der Waals surface area contributed by atoms with Crippen LogP contribution in [0.15, 0.2) is 22.7 Å². The van der Waals surface area contributed by atoms with Crippen LogP contribution in [0, 0.1) is 17.7 Å². The van der Waals surface area contributed by atoms with Gasteiger partial charge < -0.3 is 5.32 Å². The minimum absolute atomic E-state index is 0.138. The molecule has 1 aliphatic rings. The van der Waals surface area contributed by atoms with E-state index in [0.717, 1.165) is 18.3 Å². The van der Waals surface area contributed by atoms with Gasteiger partial charge in [-0.1, -0.05) is 26.2 Å². The maximum absolute atomic E-state index is 13.0. The molecular formula is C16H21BrFNO. The second kappa shape index (κ2) is 7.21. The molecule has 1 aliphatic carbocycles. The first-order valence-electron chi connectivity index (χ1n) is 7.29. The molecule has 1 aromatic carbocycles. The summed E-state index contributed by atoms with van der Waals surface area (Å²) < 4.78 is 13.5. The van der Waals surface area contributed by atoms with Crippen LogP contribution in [0.2, 0.25) is 0 Å². The molecule has 110 valence electrons. The average Bonchev–Trinajstić information content (AvgIpc) is 2.38. The molecule has 0 spiro atoms. The normalized spacial score (nSPS) is 22.6. The molecule has 1 N–H and O–H groups in total. The Morgan fingerprint density at radius 2 is 2.25 bits per heavy atom. The Hall–Kier alpha value is -0.900. The molecule has 0 saturated heterocycles. The lowest BCUT2D eigenvalue weighted by molar-refractivity contribution is 0.0949. The highest BCUT2D eigenvalue weighted by molar-refractivity contribution is 9.10. The van der Waals surface area contributed by atoms with Crippen molar-refractivity contribution in [2.75, 3.05) is 6.54 Å². The average molecular weight is 342 g/mol. The minimum atomic E-state index is -0.343. The van der Waals surface area contributed by atoms with E-state index in [2.05, 4.69) is 28.2 Å². The van der Waals surface area contributed by atoms with Gasteiger partial charge in [-0.05, 0) is 58.8 Å². The number of amides is 1. The van der Waals surface area contributed by atoms with E-state index in [1.165, 1.54) is 43.9 Å². The first-order chi connectivity index (χ1) is 9.56. The summed E-state index contributed by atoms with van der Waals surface area (Å²) in [6.45, 7) is 3.00. The zero-order valence-corrected chi connectivity index (χ0v) is 13.4. The first kappa shape index (κ1) is 15.5. The Balaban J connectivity index is 1.80. The van der Waals surface area contributed by atoms with Gasteiger partial charge >= 0.3 is 0 Å². The van der Waals surface area contributed by atoms with Crippen molar-refractivity contribution in [2.45, 2.75) is 39.0 Å². The summed E-state index contributed by atoms with van der Waals surface area (Å²) in [6.07, 6.45) is 6.24. The van der Waals surface area contributed by atoms with Gasteiger partial charge in [-0.25, -0.2) is 4.39 Å². The molecule has 1 fully saturated rings. The third-order valence-electron chi connectivity index (χ3n) is 4.06. The fourth-order valence-electron chi connectivity index (χ4n) is 2.98. The van der Waals surface area contributed by atoms with Crippen LogP contribution < -0.4 is 5.32 Å². The molecule has 20 heavy (non-hydrogen) atoms. The lowest BCUT2D eigenvalue weighted by Crippen LogP contribution is -2.27. The van der Waals surface area contributed by atoms with Crippen molar-refractivity contribution in [3.05, 3.63) is 34.1 Å². The van der Waals surface area contributed by atoms with E-state index in [1.54, 1.807) is 0 Å². The molecule has 0 radical (unpaired) electrons. The fraction of sp³-hybridized carbons (Fsp3) is 0.562. The van der Waals surface area contributed by atoms with Gasteiger partial charge in [-0.2, -0.15) is 0 Å². The molecule has 0 aliphatic heterocycles. The molecule has 2 nitrogen and oxygen atoms in total. The quantitative estimate of drug-likeness (QED) is 0.856. The van der Waals surface area contributed by atoms with Crippen LogP contribution in [0.4, 0.5) is 4.39 Å². The summed E-state index contributed by atoms with van der Waals surface area (Å²) in [4.78, 5) is 12.0. The summed E-state index contributed by atoms with van der Waals surface area (Å²) >= 11 is 3.22. The van der Waals surface area contributed by atoms with E-state index >= 15 is 0 Å². The Kier molecular flexibility index (Phi) is 5.58. The minimum Gasteiger partial charge on any atom is -0.352 e. The number of rotatable bonds is 4. The molecule has 2 unspecified atom stereocenters. The molecule has 4 heteroatoms. The highest BCUT2D eigenvalue weighted by atomic mass is 79.9. The van der Waals surface area contributed by atoms with Gasteiger partial charge in [0.2, 0.25) is 0 Å². The van der Waals surface area contributed by atoms with Gasteiger partial charge in [0.25, 0.3) is 5.91 Å². The molecule has 1 amide bonds. The summed E-state index contributed by atoms with van der Waals surface area (Å²) in [6, 6.07) is 4.14. The van der Waals surface area contributed by atoms with Crippen LogP contribution in [-0.4, -0.2) is 12.5 Å². The second-order valence-electron chi connectivity index (χ2n) is 5.81. The second-order valence-corrected chi connectivity index (χ2v) is 6.66. The molecule has 1 aromatic rings. The topological polar surface area (TPSA) is 29.1 Å². The first-order valence-corrected chi connectivity index (χ1v) is 8.09. The van der Waals surface area contributed by atoms with Crippen LogP contribution >= 0.6 is 15.9 Å². The number of hydrogen-bond acceptors (Lipinski definition) is 1. The summed E-state index contributed by atoms with van der Waals surface area (Å²) in [5.74, 6) is 1.07. The highest BCUT2D eigenvalue weighted by Gasteiger charge is 2.19. The largest absolute Gasteiger partial charge is 0.352 e. The van der Waals surface area contributed by atoms with Crippen molar-refractivity contribution < 1.29 is 9.18 Å². The lowest BCUT2D eigenvalue weighted by Gasteiger charge is -2.26. The van der Waals surface area contributed by atoms with E-state index in [4.69, 9.17) is 0 Å². The van der Waals surface area contributed by atoms with Crippen LogP contribution in [-0.2, 0) is 0 Å². The molecular weight excluding hydrogens is 321 g/mol. The Bertz CT molecular complexity index is 478. The van der Waals surface area contributed by atoms with Crippen molar-refractivity contribution in [1.82, 2.24) is 5.32 Å². The smallest absolute Gasteiger partial charge is 0.252 e. The van der Waals surface area contributed by atoms with Gasteiger partial charge in [-0.15, -0.1) is 0 Å². The monoisotopic (exact) mass is 341 g/mol. The number of hydrogen-bond donors (Lipinski definition) is 1. The van der Waals surface area contributed by atoms with Gasteiger partial charge in [0, 0.05) is 11.0 Å². The van der Waals surface area contributed by atoms with Crippen molar-refractivity contribution in [3.63, 3.8) is 0 Å². The van der Waals surface area contributed by atoms with Crippen molar-refractivity contribution in [3.8, 4) is 0 Å². The molecule has 0 heterocycles. The van der Waals surface area contributed by atoms with Crippen LogP contribution in [0.3, 0.4) is 0 Å². The van der Waals surface area contributed by atoms with Gasteiger partial charge in [-0.3, -0.25) is 4.79 Å². The SMILES string of the molecule is CC1CCCC(CCNC(=O)c2ccc(F)cc2Br)C1. The lowest BCUT2D eigenvalue weighted by atomic mass is 9.81. The van der Waals surface area contributed by atoms with Crippen molar-refractivity contribution in [2.24, 2.45) is 11.8 Å². The van der Waals surface area contributed by atoms with Gasteiger partial charge in [0.05, 0.1) is 5.56 Å². The summed E-state index contributed by atoms with van der Waals surface area (Å²) in [7, 11) is 0. The third-order valence-corrected chi connectivity index (χ3v) is 4.71. The number of carbonyl (C=O) groups is 1. The Labute approximate surface area is 128 Å². The fourth-order valence-corrected chi connectivity index (χ4v) is 3.51. The summed E-state index contributed by atoms with van der Waals surface area (Å²) in [5, 5.41) is 2.93. The van der Waals surface area contributed by atoms with Crippen molar-refractivity contribution in [1.29, 1.82) is 0 Å². The molecule has 0 bridgehead atoms. The molecule has 0 aromatic heterocycles. The standard InChI is InChI=1S/C16H21BrFNO/c1-11-3-2-4-12(9-11)7-8-19-16(20)14-6-5-13(18)10-15(14)17/h5-6,10-12H,2-4,7-9H2,1H3,(H,19,20). The van der Waals surface area contributed by atoms with E-state index in [0.29, 0.717) is 16.6 Å². The van der Waals surface area contributed by atoms with E-state index in [-0.39, 0.29) is 11.7 Å². The number of benzene rings is 1. The highest BCUT2D eigenvalue weighted by Crippen LogP contribution is 2.30. The van der Waals surface area contributed by atoms with E-state index in [9.17, 15) is 9.18 Å². The van der Waals surface area contributed by atoms with Crippen LogP contribution in [0.5, 0.6) is 0 Å². The van der Waals surface area contributed by atoms with E-state index in [1.807, 2.05) is 0 Å². The predicted molar refractivity (Wildman–Crippen MR) is 82.2 cm³/mol. The Morgan fingerprint density at radius 1 is 1.45 bits per heavy atom. The molecule has 2 rings (SSSR count). The van der Waals surface area contributed by atoms with Crippen LogP contribution in [0.25, 0.3) is 0 Å². The predicted octanol–water partition coefficient (Wildman–Crippen LogP) is 4.53. The Morgan fingerprint density at radius 3 is 2.95 bits per heavy atom. The zero-order chi connectivity index (χ0) is 14.5. The maximum Gasteiger partial charge on any atom is 0.252 e. The number of nitrogens with one attached hydrogen (secondary N) is 1. The zero-order valence-electron chi connectivity index (χ0n) is 11.8. The van der Waals surface area contributed by atoms with Gasteiger partial charge in [0.15, 0.2) is 0 Å². The van der Waals surface area contributed by atoms with Crippen molar-refractivity contribution >= 4 is 21.8 Å². The molecule has 1 saturated carbocycles. The maximum atomic E-state index is 13.0. The number of halogens is 2. The number of carbonyl (C=O) groups excluding carboxylic acids is 1. The molecule has 2 atom stereocenters. The summed E-state index contributed by atoms with van der Waals surface area (Å²) in [5.41, 5.74) is 0.489. The van der Waals surface area contributed by atoms with Gasteiger partial charge in [0.1, 0.15) is 5.82 Å². The van der Waals surface area contributed by atoms with E-state index < -0.39 is 0 Å². The third kappa shape index (κ3) is 4.30. The van der Waals surface area contributed by atoms with Crippen LogP contribution in [0.1, 0.15) is 49.4 Å².